The Bertz CT molecular complexity index is 2920. The van der Waals surface area contributed by atoms with E-state index in [1.165, 1.54) is 13.8 Å². The lowest BCUT2D eigenvalue weighted by Crippen LogP contribution is -2.67. The van der Waals surface area contributed by atoms with Gasteiger partial charge in [0.05, 0.1) is 63.4 Å². The summed E-state index contributed by atoms with van der Waals surface area (Å²) < 4.78 is 82.8. The molecule has 12 aliphatic rings. The van der Waals surface area contributed by atoms with Crippen LogP contribution in [0.3, 0.4) is 0 Å². The molecule has 7 saturated heterocycles. The molecule has 5 aliphatic carbocycles. The summed E-state index contributed by atoms with van der Waals surface area (Å²) in [6.07, 6.45) is -45.0. The molecule has 0 radical (unpaired) electrons. The summed E-state index contributed by atoms with van der Waals surface area (Å²) in [4.78, 5) is 15.4. The second-order valence-electron chi connectivity index (χ2n) is 33.2. The molecule has 7 aliphatic heterocycles. The molecule has 0 bridgehead atoms. The van der Waals surface area contributed by atoms with Gasteiger partial charge in [-0.2, -0.15) is 0 Å². The number of allylic oxidation sites excluding steroid dienone is 2. The number of hydrogen-bond donors (Lipinski definition) is 19. The number of ether oxygens (including phenoxy) is 14. The van der Waals surface area contributed by atoms with Crippen LogP contribution in [0.2, 0.25) is 0 Å². The van der Waals surface area contributed by atoms with E-state index in [0.29, 0.717) is 64.2 Å². The van der Waals surface area contributed by atoms with E-state index in [1.807, 2.05) is 6.92 Å². The van der Waals surface area contributed by atoms with Gasteiger partial charge in [-0.3, -0.25) is 4.79 Å². The minimum atomic E-state index is -1.93. The number of hydrogen-bond acceptors (Lipinski definition) is 34. The number of aliphatic hydroxyl groups is 19. The second kappa shape index (κ2) is 30.5. The molecule has 0 spiro atoms. The molecule has 19 N–H and O–H groups in total. The largest absolute Gasteiger partial charge is 0.432 e. The molecule has 103 heavy (non-hydrogen) atoms. The van der Waals surface area contributed by atoms with Gasteiger partial charge < -0.3 is 163 Å². The van der Waals surface area contributed by atoms with Crippen LogP contribution >= 0.6 is 0 Å². The van der Waals surface area contributed by atoms with Gasteiger partial charge in [-0.1, -0.05) is 53.2 Å². The van der Waals surface area contributed by atoms with Crippen molar-refractivity contribution < 1.29 is 168 Å². The predicted molar refractivity (Wildman–Crippen MR) is 341 cm³/mol. The number of fused-ring (bicyclic) bond motifs is 7. The molecule has 4 saturated carbocycles. The first-order valence-electron chi connectivity index (χ1n) is 36.5. The van der Waals surface area contributed by atoms with Crippen molar-refractivity contribution in [3.8, 4) is 0 Å². The molecule has 11 fully saturated rings. The molecule has 41 atom stereocenters. The van der Waals surface area contributed by atoms with Gasteiger partial charge in [0.15, 0.2) is 37.7 Å². The van der Waals surface area contributed by atoms with E-state index < -0.39 is 257 Å². The standard InChI is InChI=1S/C69H112O34/c1-26-38(74)44(80)49(85)59(94-26)100-53-32(20-70)96-57(51(87)46(53)82)92-23-33-42(78)45(81)50(86)60(98-33)103-63(89)69-17-15-64(3,4)19-29(69)28-9-10-36-65(5)13-12-37(66(6,25-71)35(65)11-14-68(36,8)67(28,7)16-18-69)99-62-55(41(77)31(73)22-91-62)102-61-52(88)54(39(75)27(2)95-61)101-58-48(84)43(79)34(24-93-58)97-56-47(83)40(76)30(72)21-90-56/h9,26-27,29-62,70-88H,10-25H2,1-8H3/t26-,27-,29-,30+,31-,32+,33+,34+,35+,36+,37-,38-,39-,40-,41-,42+,43-,44+,45-,46+,47+,48+,49+,50+,51+,52+,53+,54+,55+,56-,57+,58-,59-,60-,61-,62-,65-,66-,67+,68+,69-/m0/s1. The van der Waals surface area contributed by atoms with Crippen molar-refractivity contribution in [1.82, 2.24) is 0 Å². The average Bonchev–Trinajstić information content (AvgIpc) is 0.674. The maximum absolute atomic E-state index is 15.4. The van der Waals surface area contributed by atoms with Gasteiger partial charge in [-0.15, -0.1) is 0 Å². The van der Waals surface area contributed by atoms with Gasteiger partial charge in [-0.05, 0) is 117 Å². The van der Waals surface area contributed by atoms with E-state index in [0.717, 1.165) is 5.57 Å². The molecule has 34 nitrogen and oxygen atoms in total. The Morgan fingerprint density at radius 2 is 1.04 bits per heavy atom. The Balaban J connectivity index is 0.706. The van der Waals surface area contributed by atoms with Crippen LogP contribution in [0.5, 0.6) is 0 Å². The van der Waals surface area contributed by atoms with Gasteiger partial charge in [0.2, 0.25) is 6.29 Å². The zero-order valence-corrected chi connectivity index (χ0v) is 59.3. The third-order valence-corrected chi connectivity index (χ3v) is 26.7. The molecule has 592 valence electrons. The van der Waals surface area contributed by atoms with E-state index in [4.69, 9.17) is 66.3 Å². The summed E-state index contributed by atoms with van der Waals surface area (Å²) in [5.74, 6) is -1.10. The zero-order valence-electron chi connectivity index (χ0n) is 59.3. The fourth-order valence-electron chi connectivity index (χ4n) is 19.9. The average molecular weight is 1490 g/mol. The number of carbonyl (C=O) groups excluding carboxylic acids is 1. The van der Waals surface area contributed by atoms with Crippen LogP contribution in [0.1, 0.15) is 120 Å². The Morgan fingerprint density at radius 3 is 1.73 bits per heavy atom. The monoisotopic (exact) mass is 1480 g/mol. The molecule has 0 amide bonds. The molecular formula is C69H112O34. The summed E-state index contributed by atoms with van der Waals surface area (Å²) in [5.41, 5.74) is -2.39. The van der Waals surface area contributed by atoms with Crippen molar-refractivity contribution in [2.45, 2.75) is 322 Å². The van der Waals surface area contributed by atoms with Crippen LogP contribution in [0.4, 0.5) is 0 Å². The van der Waals surface area contributed by atoms with Crippen LogP contribution in [0.25, 0.3) is 0 Å². The fourth-order valence-corrected chi connectivity index (χ4v) is 19.9. The summed E-state index contributed by atoms with van der Waals surface area (Å²) >= 11 is 0. The number of carbonyl (C=O) groups is 1. The van der Waals surface area contributed by atoms with Crippen LogP contribution in [-0.2, 0) is 71.1 Å². The summed E-state index contributed by atoms with van der Waals surface area (Å²) in [6.45, 7) is 13.0. The van der Waals surface area contributed by atoms with E-state index in [-0.39, 0.29) is 41.8 Å². The molecule has 0 aromatic rings. The fraction of sp³-hybridized carbons (Fsp3) is 0.957. The molecule has 0 aromatic heterocycles. The highest BCUT2D eigenvalue weighted by Crippen LogP contribution is 2.76. The normalized spacial score (nSPS) is 55.3. The van der Waals surface area contributed by atoms with E-state index in [2.05, 4.69) is 40.7 Å². The van der Waals surface area contributed by atoms with Gasteiger partial charge in [0, 0.05) is 5.41 Å². The summed E-state index contributed by atoms with van der Waals surface area (Å²) in [5, 5.41) is 208. The third kappa shape index (κ3) is 14.2. The lowest BCUT2D eigenvalue weighted by molar-refractivity contribution is -0.382. The van der Waals surface area contributed by atoms with E-state index >= 15 is 4.79 Å². The first kappa shape index (κ1) is 80.4. The van der Waals surface area contributed by atoms with Crippen molar-refractivity contribution >= 4 is 5.97 Å². The van der Waals surface area contributed by atoms with Gasteiger partial charge >= 0.3 is 5.97 Å². The number of esters is 1. The van der Waals surface area contributed by atoms with Crippen LogP contribution in [0, 0.1) is 50.2 Å². The minimum absolute atomic E-state index is 0.0476. The molecule has 7 heterocycles. The van der Waals surface area contributed by atoms with E-state index in [9.17, 15) is 97.0 Å². The first-order chi connectivity index (χ1) is 48.4. The highest BCUT2D eigenvalue weighted by atomic mass is 16.8. The topological polar surface area (TPSA) is 531 Å². The summed E-state index contributed by atoms with van der Waals surface area (Å²) in [6, 6.07) is 0. The second-order valence-corrected chi connectivity index (χ2v) is 33.2. The van der Waals surface area contributed by atoms with Crippen LogP contribution in [-0.4, -0.2) is 345 Å². The molecule has 0 aromatic carbocycles. The lowest BCUT2D eigenvalue weighted by Gasteiger charge is -2.71. The Labute approximate surface area is 596 Å². The van der Waals surface area contributed by atoms with Crippen molar-refractivity contribution in [1.29, 1.82) is 0 Å². The van der Waals surface area contributed by atoms with Crippen molar-refractivity contribution in [2.24, 2.45) is 50.2 Å². The van der Waals surface area contributed by atoms with E-state index in [1.54, 1.807) is 0 Å². The third-order valence-electron chi connectivity index (χ3n) is 26.7. The predicted octanol–water partition coefficient (Wildman–Crippen LogP) is -5.62. The smallest absolute Gasteiger partial charge is 0.315 e. The van der Waals surface area contributed by atoms with Crippen LogP contribution in [0.15, 0.2) is 11.6 Å². The number of aliphatic hydroxyl groups excluding tert-OH is 19. The maximum atomic E-state index is 15.4. The quantitative estimate of drug-likeness (QED) is 0.0367. The first-order valence-corrected chi connectivity index (χ1v) is 36.5. The molecule has 0 unspecified atom stereocenters. The Hall–Kier alpha value is -2.07. The van der Waals surface area contributed by atoms with Crippen molar-refractivity contribution in [2.75, 3.05) is 39.6 Å². The van der Waals surface area contributed by atoms with Gasteiger partial charge in [-0.25, -0.2) is 0 Å². The highest BCUT2D eigenvalue weighted by molar-refractivity contribution is 5.79. The van der Waals surface area contributed by atoms with Gasteiger partial charge in [0.1, 0.15) is 140 Å². The Morgan fingerprint density at radius 1 is 0.476 bits per heavy atom. The van der Waals surface area contributed by atoms with Gasteiger partial charge in [0.25, 0.3) is 0 Å². The van der Waals surface area contributed by atoms with Crippen molar-refractivity contribution in [3.63, 3.8) is 0 Å². The molecule has 34 heteroatoms. The minimum Gasteiger partial charge on any atom is -0.432 e. The van der Waals surface area contributed by atoms with Crippen molar-refractivity contribution in [3.05, 3.63) is 11.6 Å². The maximum Gasteiger partial charge on any atom is 0.315 e. The molecule has 12 rings (SSSR count). The Kier molecular flexibility index (Phi) is 23.9. The zero-order chi connectivity index (χ0) is 74.9. The highest BCUT2D eigenvalue weighted by Gasteiger charge is 2.71. The lowest BCUT2D eigenvalue weighted by atomic mass is 9.33. The van der Waals surface area contributed by atoms with Crippen LogP contribution < -0.4 is 0 Å². The molecular weight excluding hydrogens is 1370 g/mol. The number of rotatable bonds is 17. The SMILES string of the molecule is C[C@@H]1O[C@@H](O[C@H]2[C@H](O)[C@@H](O)[C@H](OC[C@H]3O[C@@H](OC(=O)[C@]45CCC(C)(C)C[C@H]4C4=CC[C@@H]6[C@@]7(C)CC[C@H](O[C@@H]8OC[C@H](O)[C@H](O)[C@H]8O[C@@H]8O[C@@H](C)[C@H](O)[C@@H](O[C@@H]9OC[C@@H](O[C@@H]%10OC[C@@H](O)[C@H](O)[C@H]%10O)[C@H](O)[C@H]9O)[C@H]8O)[C@@](C)(CO)[C@@H]7CC[C@@]6(C)[C@]4(C)CC5)[C@H](O)[C@@H](O)[C@@H]3O)O[C@@H]2CO)[C@H](O)[C@H](O)[C@H]1O. The summed E-state index contributed by atoms with van der Waals surface area (Å²) in [7, 11) is 0.